The molecular formula is C24H29N3O2. The molecule has 1 amide bonds. The maximum absolute atomic E-state index is 13.3. The lowest BCUT2D eigenvalue weighted by Gasteiger charge is -2.28. The quantitative estimate of drug-likeness (QED) is 0.658. The number of nitrogens with one attached hydrogen (secondary N) is 1. The third-order valence-electron chi connectivity index (χ3n) is 5.78. The SMILES string of the molecule is CCOc1ccc2ccccc2c1C(=O)NCC(c1cccn1C)N1CCCC1. The molecule has 1 N–H and O–H groups in total. The number of carbonyl (C=O) groups is 1. The average Bonchev–Trinajstić information content (AvgIpc) is 3.41. The van der Waals surface area contributed by atoms with Crippen molar-refractivity contribution in [3.8, 4) is 5.75 Å². The number of rotatable bonds is 7. The molecule has 0 aliphatic carbocycles. The molecule has 1 aliphatic heterocycles. The highest BCUT2D eigenvalue weighted by molar-refractivity contribution is 6.09. The second kappa shape index (κ2) is 8.70. The van der Waals surface area contributed by atoms with Crippen LogP contribution in [0.15, 0.2) is 54.7 Å². The van der Waals surface area contributed by atoms with Gasteiger partial charge in [-0.1, -0.05) is 30.3 Å². The van der Waals surface area contributed by atoms with Gasteiger partial charge in [0.25, 0.3) is 5.91 Å². The van der Waals surface area contributed by atoms with Crippen LogP contribution in [0.25, 0.3) is 10.8 Å². The molecule has 4 rings (SSSR count). The normalized spacial score (nSPS) is 15.5. The Hall–Kier alpha value is -2.79. The molecule has 1 aliphatic rings. The summed E-state index contributed by atoms with van der Waals surface area (Å²) in [6.07, 6.45) is 4.50. The van der Waals surface area contributed by atoms with Gasteiger partial charge in [0.15, 0.2) is 0 Å². The fourth-order valence-corrected chi connectivity index (χ4v) is 4.33. The molecule has 5 heteroatoms. The number of benzene rings is 2. The first-order valence-corrected chi connectivity index (χ1v) is 10.5. The van der Waals surface area contributed by atoms with Crippen molar-refractivity contribution in [2.75, 3.05) is 26.2 Å². The van der Waals surface area contributed by atoms with Gasteiger partial charge in [-0.2, -0.15) is 0 Å². The molecule has 0 spiro atoms. The van der Waals surface area contributed by atoms with E-state index in [-0.39, 0.29) is 11.9 Å². The van der Waals surface area contributed by atoms with Crippen LogP contribution in [-0.2, 0) is 7.05 Å². The van der Waals surface area contributed by atoms with Crippen molar-refractivity contribution in [3.63, 3.8) is 0 Å². The van der Waals surface area contributed by atoms with Crippen molar-refractivity contribution in [2.24, 2.45) is 7.05 Å². The topological polar surface area (TPSA) is 46.5 Å². The molecule has 0 saturated carbocycles. The standard InChI is InChI=1S/C24H29N3O2/c1-3-29-22-13-12-18-9-4-5-10-19(18)23(22)24(28)25-17-21(27-15-6-7-16-27)20-11-8-14-26(20)2/h4-5,8-14,21H,3,6-7,15-17H2,1-2H3,(H,25,28). The summed E-state index contributed by atoms with van der Waals surface area (Å²) in [4.78, 5) is 15.8. The van der Waals surface area contributed by atoms with Gasteiger partial charge in [-0.05, 0) is 61.8 Å². The summed E-state index contributed by atoms with van der Waals surface area (Å²) in [7, 11) is 2.07. The zero-order valence-corrected chi connectivity index (χ0v) is 17.2. The van der Waals surface area contributed by atoms with Crippen LogP contribution in [0.2, 0.25) is 0 Å². The van der Waals surface area contributed by atoms with Crippen molar-refractivity contribution in [1.29, 1.82) is 0 Å². The van der Waals surface area contributed by atoms with Crippen LogP contribution < -0.4 is 10.1 Å². The Labute approximate surface area is 172 Å². The molecule has 0 radical (unpaired) electrons. The maximum Gasteiger partial charge on any atom is 0.255 e. The van der Waals surface area contributed by atoms with Gasteiger partial charge >= 0.3 is 0 Å². The number of hydrogen-bond donors (Lipinski definition) is 1. The first kappa shape index (κ1) is 19.5. The largest absolute Gasteiger partial charge is 0.493 e. The van der Waals surface area contributed by atoms with E-state index in [1.807, 2.05) is 43.3 Å². The van der Waals surface area contributed by atoms with E-state index in [0.29, 0.717) is 24.5 Å². The number of nitrogens with zero attached hydrogens (tertiary/aromatic N) is 2. The number of ether oxygens (including phenoxy) is 1. The fourth-order valence-electron chi connectivity index (χ4n) is 4.33. The van der Waals surface area contributed by atoms with Gasteiger partial charge in [0.1, 0.15) is 5.75 Å². The third-order valence-corrected chi connectivity index (χ3v) is 5.78. The number of carbonyl (C=O) groups excluding carboxylic acids is 1. The summed E-state index contributed by atoms with van der Waals surface area (Å²) >= 11 is 0. The van der Waals surface area contributed by atoms with E-state index >= 15 is 0 Å². The minimum Gasteiger partial charge on any atom is -0.493 e. The lowest BCUT2D eigenvalue weighted by Crippen LogP contribution is -2.37. The van der Waals surface area contributed by atoms with Gasteiger partial charge in [-0.25, -0.2) is 0 Å². The van der Waals surface area contributed by atoms with Crippen LogP contribution in [0.3, 0.4) is 0 Å². The second-order valence-corrected chi connectivity index (χ2v) is 7.61. The maximum atomic E-state index is 13.3. The van der Waals surface area contributed by atoms with Crippen LogP contribution in [0.4, 0.5) is 0 Å². The van der Waals surface area contributed by atoms with Gasteiger partial charge in [0.2, 0.25) is 0 Å². The Bertz CT molecular complexity index is 989. The zero-order valence-electron chi connectivity index (χ0n) is 17.2. The highest BCUT2D eigenvalue weighted by Gasteiger charge is 2.26. The van der Waals surface area contributed by atoms with Gasteiger partial charge in [-0.15, -0.1) is 0 Å². The van der Waals surface area contributed by atoms with Crippen molar-refractivity contribution in [1.82, 2.24) is 14.8 Å². The van der Waals surface area contributed by atoms with Gasteiger partial charge in [-0.3, -0.25) is 9.69 Å². The smallest absolute Gasteiger partial charge is 0.255 e. The van der Waals surface area contributed by atoms with Crippen molar-refractivity contribution in [3.05, 3.63) is 66.0 Å². The number of hydrogen-bond acceptors (Lipinski definition) is 3. The summed E-state index contributed by atoms with van der Waals surface area (Å²) in [6.45, 7) is 5.19. The summed E-state index contributed by atoms with van der Waals surface area (Å²) < 4.78 is 7.94. The molecule has 0 bridgehead atoms. The van der Waals surface area contributed by atoms with Crippen LogP contribution >= 0.6 is 0 Å². The Kier molecular flexibility index (Phi) is 5.86. The summed E-state index contributed by atoms with van der Waals surface area (Å²) in [5, 5.41) is 5.17. The molecule has 29 heavy (non-hydrogen) atoms. The number of amides is 1. The molecule has 2 heterocycles. The molecule has 5 nitrogen and oxygen atoms in total. The molecule has 3 aromatic rings. The first-order chi connectivity index (χ1) is 14.2. The van der Waals surface area contributed by atoms with E-state index in [9.17, 15) is 4.79 Å². The fraction of sp³-hybridized carbons (Fsp3) is 0.375. The van der Waals surface area contributed by atoms with E-state index in [4.69, 9.17) is 4.74 Å². The van der Waals surface area contributed by atoms with Gasteiger partial charge in [0, 0.05) is 25.5 Å². The van der Waals surface area contributed by atoms with E-state index in [2.05, 4.69) is 40.2 Å². The lowest BCUT2D eigenvalue weighted by molar-refractivity contribution is 0.0934. The summed E-state index contributed by atoms with van der Waals surface area (Å²) in [6, 6.07) is 16.3. The van der Waals surface area contributed by atoms with Crippen LogP contribution in [0.5, 0.6) is 5.75 Å². The molecule has 1 aromatic heterocycles. The Morgan fingerprint density at radius 1 is 1.10 bits per heavy atom. The molecule has 1 unspecified atom stereocenters. The van der Waals surface area contributed by atoms with Crippen LogP contribution in [0, 0.1) is 0 Å². The Morgan fingerprint density at radius 2 is 1.90 bits per heavy atom. The monoisotopic (exact) mass is 391 g/mol. The molecule has 1 saturated heterocycles. The van der Waals surface area contributed by atoms with Crippen LogP contribution in [-0.4, -0.2) is 41.6 Å². The number of aryl methyl sites for hydroxylation is 1. The van der Waals surface area contributed by atoms with Crippen molar-refractivity contribution in [2.45, 2.75) is 25.8 Å². The molecule has 152 valence electrons. The van der Waals surface area contributed by atoms with E-state index in [1.165, 1.54) is 18.5 Å². The van der Waals surface area contributed by atoms with E-state index in [0.717, 1.165) is 23.9 Å². The Balaban J connectivity index is 1.61. The molecule has 1 fully saturated rings. The Morgan fingerprint density at radius 3 is 2.62 bits per heavy atom. The highest BCUT2D eigenvalue weighted by atomic mass is 16.5. The minimum atomic E-state index is -0.0799. The van der Waals surface area contributed by atoms with E-state index < -0.39 is 0 Å². The van der Waals surface area contributed by atoms with Gasteiger partial charge < -0.3 is 14.6 Å². The summed E-state index contributed by atoms with van der Waals surface area (Å²) in [5.74, 6) is 0.559. The van der Waals surface area contributed by atoms with Gasteiger partial charge in [0.05, 0.1) is 18.2 Å². The number of fused-ring (bicyclic) bond motifs is 1. The number of likely N-dealkylation sites (tertiary alicyclic amines) is 1. The number of aromatic nitrogens is 1. The average molecular weight is 392 g/mol. The minimum absolute atomic E-state index is 0.0799. The molecule has 1 atom stereocenters. The van der Waals surface area contributed by atoms with E-state index in [1.54, 1.807) is 0 Å². The second-order valence-electron chi connectivity index (χ2n) is 7.61. The third kappa shape index (κ3) is 4.01. The molecule has 2 aromatic carbocycles. The highest BCUT2D eigenvalue weighted by Crippen LogP contribution is 2.29. The lowest BCUT2D eigenvalue weighted by atomic mass is 10.0. The first-order valence-electron chi connectivity index (χ1n) is 10.5. The van der Waals surface area contributed by atoms with Crippen LogP contribution in [0.1, 0.15) is 41.9 Å². The zero-order chi connectivity index (χ0) is 20.2. The summed E-state index contributed by atoms with van der Waals surface area (Å²) in [5.41, 5.74) is 1.85. The van der Waals surface area contributed by atoms with Crippen molar-refractivity contribution >= 4 is 16.7 Å². The van der Waals surface area contributed by atoms with Crippen molar-refractivity contribution < 1.29 is 9.53 Å². The predicted octanol–water partition coefficient (Wildman–Crippen LogP) is 4.14. The predicted molar refractivity (Wildman–Crippen MR) is 116 cm³/mol. The molecular weight excluding hydrogens is 362 g/mol.